The Morgan fingerprint density at radius 1 is 0.969 bits per heavy atom. The summed E-state index contributed by atoms with van der Waals surface area (Å²) in [6, 6.07) is 17.5. The number of aromatic nitrogens is 4. The molecule has 0 amide bonds. The van der Waals surface area contributed by atoms with Crippen molar-refractivity contribution in [2.75, 3.05) is 36.5 Å². The number of hydrogen-bond donors (Lipinski definition) is 3. The van der Waals surface area contributed by atoms with E-state index in [1.807, 2.05) is 59.5 Å². The quantitative estimate of drug-likeness (QED) is 0.396. The largest absolute Gasteiger partial charge is 0.493 e. The van der Waals surface area contributed by atoms with Gasteiger partial charge in [-0.05, 0) is 11.6 Å². The van der Waals surface area contributed by atoms with Crippen LogP contribution in [0.1, 0.15) is 5.56 Å². The molecule has 3 N–H and O–H groups in total. The second-order valence-corrected chi connectivity index (χ2v) is 7.27. The van der Waals surface area contributed by atoms with Gasteiger partial charge in [-0.15, -0.1) is 10.2 Å². The maximum absolute atomic E-state index is 10.2. The van der Waals surface area contributed by atoms with Crippen LogP contribution in [0.2, 0.25) is 0 Å². The fourth-order valence-electron chi connectivity index (χ4n) is 3.47. The predicted molar refractivity (Wildman–Crippen MR) is 121 cm³/mol. The SMILES string of the molecule is Oc1[nH]c2ccccc2c1N=Nc1nc(NCc2ccccc2)nc(N2CCOCC2)n1. The number of azo groups is 1. The van der Waals surface area contributed by atoms with Crippen molar-refractivity contribution in [1.29, 1.82) is 0 Å². The summed E-state index contributed by atoms with van der Waals surface area (Å²) in [5.41, 5.74) is 2.22. The molecule has 0 spiro atoms. The molecule has 4 aromatic rings. The van der Waals surface area contributed by atoms with Gasteiger partial charge in [0, 0.05) is 25.0 Å². The van der Waals surface area contributed by atoms with Crippen molar-refractivity contribution >= 4 is 34.4 Å². The average Bonchev–Trinajstić information content (AvgIpc) is 3.17. The van der Waals surface area contributed by atoms with Crippen LogP contribution >= 0.6 is 0 Å². The lowest BCUT2D eigenvalue weighted by Gasteiger charge is -2.26. The summed E-state index contributed by atoms with van der Waals surface area (Å²) in [7, 11) is 0. The fraction of sp³-hybridized carbons (Fsp3) is 0.227. The van der Waals surface area contributed by atoms with E-state index in [0.717, 1.165) is 16.5 Å². The van der Waals surface area contributed by atoms with Crippen LogP contribution in [0.3, 0.4) is 0 Å². The van der Waals surface area contributed by atoms with Crippen LogP contribution in [-0.2, 0) is 11.3 Å². The number of aromatic amines is 1. The summed E-state index contributed by atoms with van der Waals surface area (Å²) in [5.74, 6) is 1.01. The van der Waals surface area contributed by atoms with E-state index in [2.05, 4.69) is 35.5 Å². The van der Waals surface area contributed by atoms with E-state index in [4.69, 9.17) is 4.74 Å². The molecule has 0 bridgehead atoms. The highest BCUT2D eigenvalue weighted by Crippen LogP contribution is 2.35. The Hall–Kier alpha value is -4.05. The molecule has 1 aliphatic heterocycles. The summed E-state index contributed by atoms with van der Waals surface area (Å²) in [4.78, 5) is 18.4. The first kappa shape index (κ1) is 19.9. The number of benzene rings is 2. The zero-order valence-corrected chi connectivity index (χ0v) is 17.3. The molecule has 32 heavy (non-hydrogen) atoms. The zero-order valence-electron chi connectivity index (χ0n) is 17.3. The Morgan fingerprint density at radius 2 is 1.75 bits per heavy atom. The first-order valence-corrected chi connectivity index (χ1v) is 10.3. The Labute approximate surface area is 184 Å². The molecule has 1 saturated heterocycles. The van der Waals surface area contributed by atoms with Crippen molar-refractivity contribution in [3.8, 4) is 5.88 Å². The van der Waals surface area contributed by atoms with E-state index >= 15 is 0 Å². The molecule has 2 aromatic carbocycles. The van der Waals surface area contributed by atoms with Gasteiger partial charge >= 0.3 is 0 Å². The number of morpholine rings is 1. The molecule has 0 unspecified atom stereocenters. The standard InChI is InChI=1S/C22H22N8O2/c31-19-18(16-8-4-5-9-17(16)24-19)28-29-21-25-20(23-14-15-6-2-1-3-7-15)26-22(27-21)30-10-12-32-13-11-30/h1-9,24,31H,10-14H2,(H,23,25,26,27). The summed E-state index contributed by atoms with van der Waals surface area (Å²) >= 11 is 0. The van der Waals surface area contributed by atoms with Gasteiger partial charge in [0.2, 0.25) is 17.8 Å². The number of para-hydroxylation sites is 1. The van der Waals surface area contributed by atoms with E-state index < -0.39 is 0 Å². The van der Waals surface area contributed by atoms with Gasteiger partial charge in [0.1, 0.15) is 0 Å². The first-order chi connectivity index (χ1) is 15.8. The van der Waals surface area contributed by atoms with Crippen molar-refractivity contribution in [3.63, 3.8) is 0 Å². The van der Waals surface area contributed by atoms with Crippen molar-refractivity contribution < 1.29 is 9.84 Å². The molecule has 0 radical (unpaired) electrons. The summed E-state index contributed by atoms with van der Waals surface area (Å²) in [5, 5.41) is 22.7. The Kier molecular flexibility index (Phi) is 5.58. The molecule has 0 aliphatic carbocycles. The average molecular weight is 430 g/mol. The van der Waals surface area contributed by atoms with E-state index in [-0.39, 0.29) is 11.8 Å². The lowest BCUT2D eigenvalue weighted by Crippen LogP contribution is -2.37. The third-order valence-electron chi connectivity index (χ3n) is 5.10. The van der Waals surface area contributed by atoms with Gasteiger partial charge < -0.3 is 25.0 Å². The number of H-pyrrole nitrogens is 1. The molecular weight excluding hydrogens is 408 g/mol. The van der Waals surface area contributed by atoms with Gasteiger partial charge in [-0.3, -0.25) is 0 Å². The van der Waals surface area contributed by atoms with Gasteiger partial charge in [0.25, 0.3) is 5.95 Å². The molecule has 1 aliphatic rings. The molecule has 10 nitrogen and oxygen atoms in total. The van der Waals surface area contributed by atoms with Crippen LogP contribution in [0.5, 0.6) is 5.88 Å². The minimum absolute atomic E-state index is 0.0557. The third kappa shape index (κ3) is 4.35. The molecule has 10 heteroatoms. The highest BCUT2D eigenvalue weighted by Gasteiger charge is 2.17. The summed E-state index contributed by atoms with van der Waals surface area (Å²) in [6.07, 6.45) is 0. The number of aromatic hydroxyl groups is 1. The second-order valence-electron chi connectivity index (χ2n) is 7.27. The third-order valence-corrected chi connectivity index (χ3v) is 5.10. The number of anilines is 2. The van der Waals surface area contributed by atoms with E-state index in [0.29, 0.717) is 50.4 Å². The van der Waals surface area contributed by atoms with Crippen molar-refractivity contribution in [1.82, 2.24) is 19.9 Å². The summed E-state index contributed by atoms with van der Waals surface area (Å²) in [6.45, 7) is 3.15. The van der Waals surface area contributed by atoms with Crippen molar-refractivity contribution in [2.45, 2.75) is 6.54 Å². The van der Waals surface area contributed by atoms with Crippen LogP contribution in [0.15, 0.2) is 64.8 Å². The Balaban J connectivity index is 1.45. The van der Waals surface area contributed by atoms with Crippen LogP contribution in [0.25, 0.3) is 10.9 Å². The molecule has 1 fully saturated rings. The lowest BCUT2D eigenvalue weighted by molar-refractivity contribution is 0.122. The van der Waals surface area contributed by atoms with Gasteiger partial charge in [-0.25, -0.2) is 0 Å². The maximum atomic E-state index is 10.2. The smallest absolute Gasteiger partial charge is 0.275 e. The Bertz CT molecular complexity index is 1240. The second kappa shape index (κ2) is 8.98. The fourth-order valence-corrected chi connectivity index (χ4v) is 3.47. The molecule has 162 valence electrons. The predicted octanol–water partition coefficient (Wildman–Crippen LogP) is 3.92. The number of nitrogens with one attached hydrogen (secondary N) is 2. The number of ether oxygens (including phenoxy) is 1. The Morgan fingerprint density at radius 3 is 2.59 bits per heavy atom. The molecule has 0 atom stereocenters. The van der Waals surface area contributed by atoms with Gasteiger partial charge in [0.15, 0.2) is 5.69 Å². The highest BCUT2D eigenvalue weighted by molar-refractivity contribution is 5.94. The minimum Gasteiger partial charge on any atom is -0.493 e. The van der Waals surface area contributed by atoms with Crippen LogP contribution < -0.4 is 10.2 Å². The van der Waals surface area contributed by atoms with Crippen LogP contribution in [0.4, 0.5) is 23.5 Å². The highest BCUT2D eigenvalue weighted by atomic mass is 16.5. The maximum Gasteiger partial charge on any atom is 0.275 e. The number of fused-ring (bicyclic) bond motifs is 1. The van der Waals surface area contributed by atoms with E-state index in [9.17, 15) is 5.11 Å². The van der Waals surface area contributed by atoms with Gasteiger partial charge in [-0.2, -0.15) is 15.0 Å². The first-order valence-electron chi connectivity index (χ1n) is 10.3. The molecule has 3 heterocycles. The topological polar surface area (TPSA) is 124 Å². The molecular formula is C22H22N8O2. The number of nitrogens with zero attached hydrogens (tertiary/aromatic N) is 6. The van der Waals surface area contributed by atoms with Gasteiger partial charge in [-0.1, -0.05) is 48.5 Å². The van der Waals surface area contributed by atoms with E-state index in [1.165, 1.54) is 0 Å². The van der Waals surface area contributed by atoms with Crippen LogP contribution in [0, 0.1) is 0 Å². The monoisotopic (exact) mass is 430 g/mol. The van der Waals surface area contributed by atoms with Gasteiger partial charge in [0.05, 0.1) is 18.7 Å². The lowest BCUT2D eigenvalue weighted by atomic mass is 10.2. The number of rotatable bonds is 6. The van der Waals surface area contributed by atoms with Crippen molar-refractivity contribution in [2.24, 2.45) is 10.2 Å². The van der Waals surface area contributed by atoms with Crippen LogP contribution in [-0.4, -0.2) is 51.3 Å². The minimum atomic E-state index is -0.0557. The van der Waals surface area contributed by atoms with Crippen molar-refractivity contribution in [3.05, 3.63) is 60.2 Å². The zero-order chi connectivity index (χ0) is 21.8. The summed E-state index contributed by atoms with van der Waals surface area (Å²) < 4.78 is 5.44. The molecule has 5 rings (SSSR count). The molecule has 0 saturated carbocycles. The molecule has 2 aromatic heterocycles. The normalized spacial score (nSPS) is 14.3. The van der Waals surface area contributed by atoms with E-state index in [1.54, 1.807) is 0 Å². The number of hydrogen-bond acceptors (Lipinski definition) is 9.